The molecule has 8 nitrogen and oxygen atoms in total. The Kier molecular flexibility index (Phi) is 7.33. The summed E-state index contributed by atoms with van der Waals surface area (Å²) in [5, 5.41) is 9.13. The molecule has 0 unspecified atom stereocenters. The summed E-state index contributed by atoms with van der Waals surface area (Å²) in [6.07, 6.45) is 1.58. The lowest BCUT2D eigenvalue weighted by molar-refractivity contribution is -0.152. The minimum absolute atomic E-state index is 0.219. The van der Waals surface area contributed by atoms with Crippen LogP contribution in [0.4, 0.5) is 0 Å². The van der Waals surface area contributed by atoms with Gasteiger partial charge in [-0.1, -0.05) is 6.07 Å². The molecular weight excluding hydrogens is 400 g/mol. The summed E-state index contributed by atoms with van der Waals surface area (Å²) in [5.41, 5.74) is -1.34. The fraction of sp³-hybridized carbons (Fsp3) is 0.350. The van der Waals surface area contributed by atoms with Crippen molar-refractivity contribution >= 4 is 16.1 Å². The van der Waals surface area contributed by atoms with E-state index in [1.54, 1.807) is 36.4 Å². The Bertz CT molecular complexity index is 920. The van der Waals surface area contributed by atoms with Crippen LogP contribution in [0.5, 0.6) is 23.0 Å². The highest BCUT2D eigenvalue weighted by atomic mass is 32.2. The molecule has 0 saturated heterocycles. The molecule has 1 N–H and O–H groups in total. The average Bonchev–Trinajstić information content (AvgIpc) is 2.61. The lowest BCUT2D eigenvalue weighted by Gasteiger charge is -2.21. The van der Waals surface area contributed by atoms with E-state index in [1.807, 2.05) is 0 Å². The summed E-state index contributed by atoms with van der Waals surface area (Å²) in [6.45, 7) is 3.73. The normalized spacial score (nSPS) is 11.6. The van der Waals surface area contributed by atoms with Crippen molar-refractivity contribution in [2.45, 2.75) is 25.9 Å². The number of ether oxygens (including phenoxy) is 3. The van der Waals surface area contributed by atoms with Gasteiger partial charge in [-0.15, -0.1) is 0 Å². The maximum absolute atomic E-state index is 11.1. The first kappa shape index (κ1) is 22.4. The summed E-state index contributed by atoms with van der Waals surface area (Å²) in [6, 6.07) is 13.0. The van der Waals surface area contributed by atoms with Crippen molar-refractivity contribution in [1.82, 2.24) is 0 Å². The maximum Gasteiger partial charge on any atom is 0.347 e. The van der Waals surface area contributed by atoms with Gasteiger partial charge in [0.05, 0.1) is 19.5 Å². The van der Waals surface area contributed by atoms with Crippen molar-refractivity contribution in [3.8, 4) is 23.0 Å². The molecule has 0 atom stereocenters. The molecular formula is C20H24O8S. The van der Waals surface area contributed by atoms with Crippen LogP contribution in [0.25, 0.3) is 0 Å². The summed E-state index contributed by atoms with van der Waals surface area (Å²) in [4.78, 5) is 11.1. The number of carboxylic acids is 1. The zero-order chi connectivity index (χ0) is 21.5. The molecule has 0 radical (unpaired) electrons. The van der Waals surface area contributed by atoms with Gasteiger partial charge in [0.1, 0.15) is 23.0 Å². The van der Waals surface area contributed by atoms with Crippen molar-refractivity contribution < 1.29 is 36.7 Å². The van der Waals surface area contributed by atoms with Gasteiger partial charge in [-0.25, -0.2) is 4.79 Å². The zero-order valence-corrected chi connectivity index (χ0v) is 17.3. The van der Waals surface area contributed by atoms with Gasteiger partial charge >= 0.3 is 16.1 Å². The zero-order valence-electron chi connectivity index (χ0n) is 16.5. The highest BCUT2D eigenvalue weighted by molar-refractivity contribution is 7.86. The van der Waals surface area contributed by atoms with Gasteiger partial charge in [0, 0.05) is 12.5 Å². The minimum Gasteiger partial charge on any atom is -0.493 e. The summed E-state index contributed by atoms with van der Waals surface area (Å²) in [7, 11) is -3.55. The molecule has 2 aromatic rings. The lowest BCUT2D eigenvalue weighted by atomic mass is 10.1. The van der Waals surface area contributed by atoms with Crippen LogP contribution in [0.3, 0.4) is 0 Å². The predicted octanol–water partition coefficient (Wildman–Crippen LogP) is 3.11. The van der Waals surface area contributed by atoms with E-state index < -0.39 is 21.7 Å². The second-order valence-corrected chi connectivity index (χ2v) is 8.28. The topological polar surface area (TPSA) is 108 Å². The van der Waals surface area contributed by atoms with Crippen LogP contribution >= 0.6 is 0 Å². The van der Waals surface area contributed by atoms with Crippen LogP contribution in [-0.4, -0.2) is 44.6 Å². The quantitative estimate of drug-likeness (QED) is 0.433. The second kappa shape index (κ2) is 9.51. The number of carboxylic acid groups (broad SMARTS) is 1. The number of aliphatic carboxylic acids is 1. The SMILES string of the molecule is CC(C)(Oc1cccc(OCCCOc2ccc(OS(C)(=O)=O)cc2)c1)C(=O)O. The number of rotatable bonds is 11. The summed E-state index contributed by atoms with van der Waals surface area (Å²) < 4.78 is 43.6. The van der Waals surface area contributed by atoms with Gasteiger partial charge in [-0.2, -0.15) is 8.42 Å². The molecule has 2 rings (SSSR count). The first-order valence-electron chi connectivity index (χ1n) is 8.83. The molecule has 0 aliphatic rings. The van der Waals surface area contributed by atoms with Gasteiger partial charge in [0.15, 0.2) is 5.60 Å². The Morgan fingerprint density at radius 1 is 0.931 bits per heavy atom. The Morgan fingerprint density at radius 2 is 1.48 bits per heavy atom. The van der Waals surface area contributed by atoms with Crippen molar-refractivity contribution in [1.29, 1.82) is 0 Å². The number of hydrogen-bond donors (Lipinski definition) is 1. The highest BCUT2D eigenvalue weighted by Crippen LogP contribution is 2.24. The van der Waals surface area contributed by atoms with Gasteiger partial charge in [-0.3, -0.25) is 0 Å². The maximum atomic E-state index is 11.1. The van der Waals surface area contributed by atoms with Crippen LogP contribution in [0.2, 0.25) is 0 Å². The van der Waals surface area contributed by atoms with E-state index >= 15 is 0 Å². The fourth-order valence-electron chi connectivity index (χ4n) is 2.17. The fourth-order valence-corrected chi connectivity index (χ4v) is 2.63. The Hall–Kier alpha value is -2.94. The number of benzene rings is 2. The van der Waals surface area contributed by atoms with Crippen LogP contribution < -0.4 is 18.4 Å². The third-order valence-corrected chi connectivity index (χ3v) is 4.09. The molecule has 0 bridgehead atoms. The molecule has 0 aliphatic carbocycles. The molecule has 0 aromatic heterocycles. The molecule has 2 aromatic carbocycles. The largest absolute Gasteiger partial charge is 0.493 e. The molecule has 0 spiro atoms. The molecule has 158 valence electrons. The molecule has 0 fully saturated rings. The molecule has 0 amide bonds. The van der Waals surface area contributed by atoms with Crippen molar-refractivity contribution in [2.75, 3.05) is 19.5 Å². The lowest BCUT2D eigenvalue weighted by Crippen LogP contribution is -2.37. The molecule has 0 aliphatic heterocycles. The number of hydrogen-bond acceptors (Lipinski definition) is 7. The predicted molar refractivity (Wildman–Crippen MR) is 106 cm³/mol. The van der Waals surface area contributed by atoms with E-state index in [4.69, 9.17) is 23.5 Å². The molecule has 9 heteroatoms. The monoisotopic (exact) mass is 424 g/mol. The number of carbonyl (C=O) groups is 1. The second-order valence-electron chi connectivity index (χ2n) is 6.70. The first-order chi connectivity index (χ1) is 13.5. The Morgan fingerprint density at radius 3 is 2.07 bits per heavy atom. The van der Waals surface area contributed by atoms with E-state index in [1.165, 1.54) is 26.0 Å². The van der Waals surface area contributed by atoms with Crippen LogP contribution in [0, 0.1) is 0 Å². The van der Waals surface area contributed by atoms with Gasteiger partial charge in [0.25, 0.3) is 0 Å². The van der Waals surface area contributed by atoms with Crippen molar-refractivity contribution in [3.63, 3.8) is 0 Å². The van der Waals surface area contributed by atoms with E-state index in [2.05, 4.69) is 0 Å². The third-order valence-electron chi connectivity index (χ3n) is 3.59. The van der Waals surface area contributed by atoms with Crippen LogP contribution in [-0.2, 0) is 14.9 Å². The van der Waals surface area contributed by atoms with Crippen LogP contribution in [0.15, 0.2) is 48.5 Å². The van der Waals surface area contributed by atoms with Gasteiger partial charge in [0.2, 0.25) is 0 Å². The highest BCUT2D eigenvalue weighted by Gasteiger charge is 2.29. The molecule has 29 heavy (non-hydrogen) atoms. The van der Waals surface area contributed by atoms with E-state index in [0.717, 1.165) is 6.26 Å². The Labute approximate surface area is 170 Å². The summed E-state index contributed by atoms with van der Waals surface area (Å²) in [5.74, 6) is 0.707. The van der Waals surface area contributed by atoms with Crippen molar-refractivity contribution in [2.24, 2.45) is 0 Å². The van der Waals surface area contributed by atoms with E-state index in [0.29, 0.717) is 36.9 Å². The van der Waals surface area contributed by atoms with Gasteiger partial charge < -0.3 is 23.5 Å². The Balaban J connectivity index is 1.75. The molecule has 0 saturated carbocycles. The standard InChI is InChI=1S/C20H24O8S/c1-20(2,19(21)22)27-18-7-4-6-17(14-18)26-13-5-12-25-15-8-10-16(11-9-15)28-29(3,23)24/h4,6-11,14H,5,12-13H2,1-3H3,(H,21,22). The molecule has 0 heterocycles. The minimum atomic E-state index is -3.55. The summed E-state index contributed by atoms with van der Waals surface area (Å²) >= 11 is 0. The first-order valence-corrected chi connectivity index (χ1v) is 10.6. The third kappa shape index (κ3) is 7.90. The smallest absolute Gasteiger partial charge is 0.347 e. The van der Waals surface area contributed by atoms with Crippen molar-refractivity contribution in [3.05, 3.63) is 48.5 Å². The average molecular weight is 424 g/mol. The van der Waals surface area contributed by atoms with E-state index in [9.17, 15) is 13.2 Å². The van der Waals surface area contributed by atoms with E-state index in [-0.39, 0.29) is 5.75 Å². The van der Waals surface area contributed by atoms with Gasteiger partial charge in [-0.05, 0) is 50.2 Å². The van der Waals surface area contributed by atoms with Crippen LogP contribution in [0.1, 0.15) is 20.3 Å².